The number of nitrogens with one attached hydrogen (secondary N) is 1. The van der Waals surface area contributed by atoms with Gasteiger partial charge in [-0.3, -0.25) is 0 Å². The first kappa shape index (κ1) is 9.25. The molecular formula is C9H8INO. The minimum atomic E-state index is 0. The maximum absolute atomic E-state index is 9.12. The molecular weight excluding hydrogens is 265 g/mol. The summed E-state index contributed by atoms with van der Waals surface area (Å²) in [6.45, 7) is 0. The molecule has 0 fully saturated rings. The fraction of sp³-hybridized carbons (Fsp3) is 0. The fourth-order valence-electron chi connectivity index (χ4n) is 1.11. The summed E-state index contributed by atoms with van der Waals surface area (Å²) in [5.41, 5.74) is 1.03. The third-order valence-electron chi connectivity index (χ3n) is 1.65. The van der Waals surface area contributed by atoms with E-state index in [2.05, 4.69) is 4.98 Å². The molecule has 62 valence electrons. The van der Waals surface area contributed by atoms with Gasteiger partial charge in [0.05, 0.1) is 0 Å². The number of hydrogen-bond acceptors (Lipinski definition) is 1. The van der Waals surface area contributed by atoms with E-state index in [1.54, 1.807) is 12.1 Å². The molecule has 1 aromatic heterocycles. The molecule has 0 radical (unpaired) electrons. The van der Waals surface area contributed by atoms with Gasteiger partial charge in [0.15, 0.2) is 6.20 Å². The Bertz CT molecular complexity index is 389. The first-order valence-electron chi connectivity index (χ1n) is 3.46. The Morgan fingerprint density at radius 1 is 1.17 bits per heavy atom. The van der Waals surface area contributed by atoms with Gasteiger partial charge in [-0.25, -0.2) is 4.98 Å². The van der Waals surface area contributed by atoms with Crippen LogP contribution in [0.2, 0.25) is 0 Å². The Balaban J connectivity index is 0.000000720. The summed E-state index contributed by atoms with van der Waals surface area (Å²) >= 11 is 0. The molecule has 0 unspecified atom stereocenters. The van der Waals surface area contributed by atoms with Crippen molar-refractivity contribution in [3.63, 3.8) is 0 Å². The zero-order chi connectivity index (χ0) is 7.68. The maximum Gasteiger partial charge on any atom is 0.211 e. The van der Waals surface area contributed by atoms with Crippen LogP contribution in [-0.2, 0) is 0 Å². The molecule has 2 rings (SSSR count). The van der Waals surface area contributed by atoms with E-state index in [0.717, 1.165) is 10.9 Å². The number of hydrogen-bond donors (Lipinski definition) is 1. The highest BCUT2D eigenvalue weighted by Gasteiger charge is 1.97. The van der Waals surface area contributed by atoms with E-state index in [9.17, 15) is 0 Å². The second-order valence-corrected chi connectivity index (χ2v) is 2.44. The molecule has 0 amide bonds. The van der Waals surface area contributed by atoms with E-state index in [1.807, 2.05) is 24.4 Å². The van der Waals surface area contributed by atoms with Gasteiger partial charge in [-0.15, -0.1) is 0 Å². The number of phenolic OH excluding ortho intramolecular Hbond substituents is 1. The van der Waals surface area contributed by atoms with Crippen molar-refractivity contribution in [1.29, 1.82) is 0 Å². The van der Waals surface area contributed by atoms with Gasteiger partial charge in [-0.2, -0.15) is 0 Å². The van der Waals surface area contributed by atoms with Crippen molar-refractivity contribution >= 4 is 10.9 Å². The van der Waals surface area contributed by atoms with Crippen molar-refractivity contribution in [2.45, 2.75) is 0 Å². The molecule has 2 nitrogen and oxygen atoms in total. The highest BCUT2D eigenvalue weighted by Crippen LogP contribution is 2.14. The minimum absolute atomic E-state index is 0. The molecule has 0 saturated heterocycles. The number of aromatic nitrogens is 1. The number of pyridine rings is 1. The highest BCUT2D eigenvalue weighted by molar-refractivity contribution is 5.76. The zero-order valence-electron chi connectivity index (χ0n) is 6.29. The van der Waals surface area contributed by atoms with Crippen LogP contribution in [0.1, 0.15) is 0 Å². The molecule has 0 aliphatic carbocycles. The van der Waals surface area contributed by atoms with Gasteiger partial charge in [0, 0.05) is 17.5 Å². The lowest BCUT2D eigenvalue weighted by Crippen LogP contribution is -3.00. The molecule has 0 atom stereocenters. The van der Waals surface area contributed by atoms with E-state index < -0.39 is 0 Å². The van der Waals surface area contributed by atoms with Crippen molar-refractivity contribution in [2.75, 3.05) is 0 Å². The van der Waals surface area contributed by atoms with E-state index >= 15 is 0 Å². The van der Waals surface area contributed by atoms with Crippen molar-refractivity contribution in [3.05, 3.63) is 36.5 Å². The van der Waals surface area contributed by atoms with E-state index in [0.29, 0.717) is 5.75 Å². The van der Waals surface area contributed by atoms with Crippen LogP contribution in [0.15, 0.2) is 36.5 Å². The van der Waals surface area contributed by atoms with Gasteiger partial charge >= 0.3 is 0 Å². The number of H-pyrrole nitrogens is 1. The zero-order valence-corrected chi connectivity index (χ0v) is 8.45. The Morgan fingerprint density at radius 2 is 2.00 bits per heavy atom. The molecule has 0 saturated carbocycles. The average molecular weight is 273 g/mol. The Labute approximate surface area is 87.3 Å². The SMILES string of the molecule is Oc1ccc2[nH+]cccc2c1.[I-]. The molecule has 0 aliphatic heterocycles. The number of rotatable bonds is 0. The van der Waals surface area contributed by atoms with Gasteiger partial charge < -0.3 is 29.1 Å². The number of phenols is 1. The molecule has 12 heavy (non-hydrogen) atoms. The summed E-state index contributed by atoms with van der Waals surface area (Å²) in [4.78, 5) is 3.07. The first-order valence-corrected chi connectivity index (χ1v) is 3.46. The lowest BCUT2D eigenvalue weighted by molar-refractivity contribution is -0.344. The molecule has 2 N–H and O–H groups in total. The van der Waals surface area contributed by atoms with Crippen LogP contribution in [0.4, 0.5) is 0 Å². The van der Waals surface area contributed by atoms with Gasteiger partial charge in [-0.1, -0.05) is 0 Å². The molecule has 0 bridgehead atoms. The van der Waals surface area contributed by atoms with Crippen molar-refractivity contribution in [2.24, 2.45) is 0 Å². The second kappa shape index (κ2) is 3.71. The second-order valence-electron chi connectivity index (χ2n) is 2.44. The van der Waals surface area contributed by atoms with Crippen LogP contribution in [0.5, 0.6) is 5.75 Å². The van der Waals surface area contributed by atoms with E-state index in [1.165, 1.54) is 0 Å². The number of aromatic hydroxyl groups is 1. The first-order chi connectivity index (χ1) is 5.36. The molecule has 0 spiro atoms. The summed E-state index contributed by atoms with van der Waals surface area (Å²) in [6, 6.07) is 9.10. The fourth-order valence-corrected chi connectivity index (χ4v) is 1.11. The predicted molar refractivity (Wildman–Crippen MR) is 42.2 cm³/mol. The number of halogens is 1. The monoisotopic (exact) mass is 273 g/mol. The third kappa shape index (κ3) is 1.66. The molecule has 1 heterocycles. The van der Waals surface area contributed by atoms with Crippen LogP contribution in [0.3, 0.4) is 0 Å². The average Bonchev–Trinajstić information content (AvgIpc) is 2.04. The van der Waals surface area contributed by atoms with Crippen LogP contribution in [-0.4, -0.2) is 5.11 Å². The third-order valence-corrected chi connectivity index (χ3v) is 1.65. The van der Waals surface area contributed by atoms with Crippen molar-refractivity contribution < 1.29 is 34.1 Å². The molecule has 1 aromatic carbocycles. The number of benzene rings is 1. The summed E-state index contributed by atoms with van der Waals surface area (Å²) in [6.07, 6.45) is 1.86. The smallest absolute Gasteiger partial charge is 0.211 e. The lowest BCUT2D eigenvalue weighted by Gasteiger charge is -1.90. The van der Waals surface area contributed by atoms with Gasteiger partial charge in [0.25, 0.3) is 0 Å². The topological polar surface area (TPSA) is 34.4 Å². The maximum atomic E-state index is 9.12. The Kier molecular flexibility index (Phi) is 2.86. The van der Waals surface area contributed by atoms with Gasteiger partial charge in [0.2, 0.25) is 5.52 Å². The lowest BCUT2D eigenvalue weighted by atomic mass is 10.2. The summed E-state index contributed by atoms with van der Waals surface area (Å²) in [5, 5.41) is 10.1. The number of aromatic amines is 1. The van der Waals surface area contributed by atoms with E-state index in [-0.39, 0.29) is 24.0 Å². The van der Waals surface area contributed by atoms with Crippen LogP contribution in [0, 0.1) is 0 Å². The summed E-state index contributed by atoms with van der Waals surface area (Å²) in [5.74, 6) is 0.303. The Hall–Kier alpha value is -0.840. The summed E-state index contributed by atoms with van der Waals surface area (Å²) < 4.78 is 0. The molecule has 3 heteroatoms. The normalized spacial score (nSPS) is 9.33. The molecule has 0 aliphatic rings. The highest BCUT2D eigenvalue weighted by atomic mass is 127. The predicted octanol–water partition coefficient (Wildman–Crippen LogP) is -1.64. The van der Waals surface area contributed by atoms with Gasteiger partial charge in [-0.05, 0) is 18.2 Å². The minimum Gasteiger partial charge on any atom is -1.00 e. The van der Waals surface area contributed by atoms with Crippen molar-refractivity contribution in [3.8, 4) is 5.75 Å². The van der Waals surface area contributed by atoms with Gasteiger partial charge in [0.1, 0.15) is 5.75 Å². The van der Waals surface area contributed by atoms with E-state index in [4.69, 9.17) is 5.11 Å². The quantitative estimate of drug-likeness (QED) is 0.574. The standard InChI is InChI=1S/C9H7NO.HI/c11-8-3-4-9-7(6-8)2-1-5-10-9;/h1-6,11H;1H. The Morgan fingerprint density at radius 3 is 2.83 bits per heavy atom. The van der Waals surface area contributed by atoms with Crippen LogP contribution >= 0.6 is 0 Å². The largest absolute Gasteiger partial charge is 1.00 e. The van der Waals surface area contributed by atoms with Crippen molar-refractivity contribution in [1.82, 2.24) is 0 Å². The number of fused-ring (bicyclic) bond motifs is 1. The summed E-state index contributed by atoms with van der Waals surface area (Å²) in [7, 11) is 0. The van der Waals surface area contributed by atoms with Crippen LogP contribution in [0.25, 0.3) is 10.9 Å². The van der Waals surface area contributed by atoms with Crippen LogP contribution < -0.4 is 29.0 Å². The molecule has 2 aromatic rings.